The van der Waals surface area contributed by atoms with Crippen molar-refractivity contribution in [1.29, 1.82) is 0 Å². The van der Waals surface area contributed by atoms with Gasteiger partial charge >= 0.3 is 0 Å². The minimum Gasteiger partial charge on any atom is -0.497 e. The molecule has 0 aromatic carbocycles. The van der Waals surface area contributed by atoms with Gasteiger partial charge in [-0.05, 0) is 12.2 Å². The van der Waals surface area contributed by atoms with E-state index in [-0.39, 0.29) is 5.41 Å². The fourth-order valence-corrected chi connectivity index (χ4v) is 1.15. The standard InChI is InChI=1S/C10H13ClO/c1-10(8-11)6-3-4-9(12-2)5-7-10/h3-7H,8H2,1-2H3. The fraction of sp³-hybridized carbons (Fsp3) is 0.400. The maximum atomic E-state index is 5.82. The van der Waals surface area contributed by atoms with Crippen molar-refractivity contribution in [1.82, 2.24) is 0 Å². The zero-order valence-corrected chi connectivity index (χ0v) is 8.14. The van der Waals surface area contributed by atoms with Crippen LogP contribution < -0.4 is 0 Å². The Balaban J connectivity index is 2.82. The maximum absolute atomic E-state index is 5.82. The smallest absolute Gasteiger partial charge is 0.118 e. The molecule has 0 fully saturated rings. The molecule has 1 aliphatic rings. The van der Waals surface area contributed by atoms with E-state index in [2.05, 4.69) is 19.1 Å². The van der Waals surface area contributed by atoms with E-state index in [9.17, 15) is 0 Å². The van der Waals surface area contributed by atoms with Crippen LogP contribution in [0.15, 0.2) is 36.1 Å². The monoisotopic (exact) mass is 184 g/mol. The minimum absolute atomic E-state index is 0.0433. The molecule has 0 radical (unpaired) electrons. The Morgan fingerprint density at radius 1 is 1.50 bits per heavy atom. The zero-order valence-electron chi connectivity index (χ0n) is 7.38. The zero-order chi connectivity index (χ0) is 9.03. The van der Waals surface area contributed by atoms with Crippen LogP contribution in [0.1, 0.15) is 6.92 Å². The molecular weight excluding hydrogens is 172 g/mol. The van der Waals surface area contributed by atoms with Gasteiger partial charge in [0, 0.05) is 11.3 Å². The molecule has 0 amide bonds. The quantitative estimate of drug-likeness (QED) is 0.600. The van der Waals surface area contributed by atoms with Gasteiger partial charge < -0.3 is 4.74 Å². The molecule has 1 aliphatic carbocycles. The molecule has 1 unspecified atom stereocenters. The molecule has 0 aromatic rings. The van der Waals surface area contributed by atoms with E-state index in [0.29, 0.717) is 5.88 Å². The number of halogens is 1. The Kier molecular flexibility index (Phi) is 2.99. The molecule has 0 aliphatic heterocycles. The number of rotatable bonds is 2. The Labute approximate surface area is 78.4 Å². The van der Waals surface area contributed by atoms with E-state index < -0.39 is 0 Å². The van der Waals surface area contributed by atoms with Gasteiger partial charge in [0.25, 0.3) is 0 Å². The number of methoxy groups -OCH3 is 1. The number of allylic oxidation sites excluding steroid dienone is 5. The third kappa shape index (κ3) is 2.15. The highest BCUT2D eigenvalue weighted by atomic mass is 35.5. The van der Waals surface area contributed by atoms with Crippen molar-refractivity contribution < 1.29 is 4.74 Å². The largest absolute Gasteiger partial charge is 0.497 e. The maximum Gasteiger partial charge on any atom is 0.118 e. The number of ether oxygens (including phenoxy) is 1. The molecule has 0 aromatic heterocycles. The fourth-order valence-electron chi connectivity index (χ4n) is 0.972. The molecule has 0 spiro atoms. The van der Waals surface area contributed by atoms with E-state index in [0.717, 1.165) is 5.76 Å². The normalized spacial score (nSPS) is 28.1. The molecule has 1 rings (SSSR count). The highest BCUT2D eigenvalue weighted by Crippen LogP contribution is 2.25. The number of hydrogen-bond donors (Lipinski definition) is 0. The van der Waals surface area contributed by atoms with E-state index >= 15 is 0 Å². The van der Waals surface area contributed by atoms with Crippen LogP contribution in [-0.2, 0) is 4.74 Å². The third-order valence-corrected chi connectivity index (χ3v) is 2.47. The summed E-state index contributed by atoms with van der Waals surface area (Å²) in [4.78, 5) is 0. The summed E-state index contributed by atoms with van der Waals surface area (Å²) in [6, 6.07) is 0. The van der Waals surface area contributed by atoms with Crippen molar-refractivity contribution in [3.05, 3.63) is 36.1 Å². The Morgan fingerprint density at radius 3 is 2.83 bits per heavy atom. The van der Waals surface area contributed by atoms with Crippen LogP contribution in [0, 0.1) is 5.41 Å². The molecule has 12 heavy (non-hydrogen) atoms. The molecule has 0 saturated heterocycles. The van der Waals surface area contributed by atoms with Crippen molar-refractivity contribution in [2.75, 3.05) is 13.0 Å². The van der Waals surface area contributed by atoms with Gasteiger partial charge in [-0.25, -0.2) is 0 Å². The number of alkyl halides is 1. The van der Waals surface area contributed by atoms with E-state index in [1.165, 1.54) is 0 Å². The predicted molar refractivity (Wildman–Crippen MR) is 52.2 cm³/mol. The number of hydrogen-bond acceptors (Lipinski definition) is 1. The molecule has 0 saturated carbocycles. The lowest BCUT2D eigenvalue weighted by Crippen LogP contribution is -2.10. The first-order valence-electron chi connectivity index (χ1n) is 3.89. The second kappa shape index (κ2) is 3.81. The SMILES string of the molecule is COC1=CC=CC(C)(CCl)C=C1. The molecule has 0 heterocycles. The summed E-state index contributed by atoms with van der Waals surface area (Å²) in [6.45, 7) is 2.08. The third-order valence-electron chi connectivity index (χ3n) is 1.89. The minimum atomic E-state index is -0.0433. The summed E-state index contributed by atoms with van der Waals surface area (Å²) in [5, 5.41) is 0. The van der Waals surface area contributed by atoms with Crippen molar-refractivity contribution >= 4 is 11.6 Å². The van der Waals surface area contributed by atoms with Gasteiger partial charge in [0.2, 0.25) is 0 Å². The van der Waals surface area contributed by atoms with Gasteiger partial charge in [-0.2, -0.15) is 0 Å². The molecule has 0 bridgehead atoms. The van der Waals surface area contributed by atoms with Gasteiger partial charge in [-0.3, -0.25) is 0 Å². The van der Waals surface area contributed by atoms with Gasteiger partial charge in [0.15, 0.2) is 0 Å². The molecule has 1 atom stereocenters. The molecule has 2 heteroatoms. The van der Waals surface area contributed by atoms with Crippen LogP contribution in [-0.4, -0.2) is 13.0 Å². The van der Waals surface area contributed by atoms with E-state index in [1.807, 2.05) is 18.2 Å². The second-order valence-electron chi connectivity index (χ2n) is 3.11. The van der Waals surface area contributed by atoms with Crippen molar-refractivity contribution in [3.63, 3.8) is 0 Å². The van der Waals surface area contributed by atoms with Gasteiger partial charge in [0.1, 0.15) is 5.76 Å². The Bertz CT molecular complexity index is 240. The lowest BCUT2D eigenvalue weighted by molar-refractivity contribution is 0.306. The molecule has 66 valence electrons. The lowest BCUT2D eigenvalue weighted by atomic mass is 9.93. The lowest BCUT2D eigenvalue weighted by Gasteiger charge is -2.16. The van der Waals surface area contributed by atoms with Crippen molar-refractivity contribution in [2.45, 2.75) is 6.92 Å². The summed E-state index contributed by atoms with van der Waals surface area (Å²) in [5.41, 5.74) is -0.0433. The molecule has 0 N–H and O–H groups in total. The highest BCUT2D eigenvalue weighted by molar-refractivity contribution is 6.18. The van der Waals surface area contributed by atoms with Gasteiger partial charge in [0.05, 0.1) is 7.11 Å². The van der Waals surface area contributed by atoms with E-state index in [1.54, 1.807) is 7.11 Å². The summed E-state index contributed by atoms with van der Waals surface area (Å²) in [6.07, 6.45) is 9.97. The summed E-state index contributed by atoms with van der Waals surface area (Å²) in [5.74, 6) is 1.45. The Morgan fingerprint density at radius 2 is 2.25 bits per heavy atom. The first kappa shape index (κ1) is 9.40. The van der Waals surface area contributed by atoms with Crippen LogP contribution in [0.3, 0.4) is 0 Å². The van der Waals surface area contributed by atoms with Gasteiger partial charge in [-0.15, -0.1) is 11.6 Å². The van der Waals surface area contributed by atoms with E-state index in [4.69, 9.17) is 16.3 Å². The first-order valence-corrected chi connectivity index (χ1v) is 4.42. The van der Waals surface area contributed by atoms with Crippen LogP contribution in [0.4, 0.5) is 0 Å². The van der Waals surface area contributed by atoms with Crippen LogP contribution >= 0.6 is 11.6 Å². The van der Waals surface area contributed by atoms with Crippen LogP contribution in [0.5, 0.6) is 0 Å². The first-order chi connectivity index (χ1) is 5.70. The average Bonchev–Trinajstić information content (AvgIpc) is 2.28. The summed E-state index contributed by atoms with van der Waals surface area (Å²) >= 11 is 5.82. The molecule has 1 nitrogen and oxygen atoms in total. The van der Waals surface area contributed by atoms with Crippen molar-refractivity contribution in [2.24, 2.45) is 5.41 Å². The highest BCUT2D eigenvalue weighted by Gasteiger charge is 2.16. The Hall–Kier alpha value is -0.690. The van der Waals surface area contributed by atoms with Crippen LogP contribution in [0.25, 0.3) is 0 Å². The second-order valence-corrected chi connectivity index (χ2v) is 3.37. The summed E-state index contributed by atoms with van der Waals surface area (Å²) < 4.78 is 5.09. The summed E-state index contributed by atoms with van der Waals surface area (Å²) in [7, 11) is 1.66. The average molecular weight is 185 g/mol. The topological polar surface area (TPSA) is 9.23 Å². The molecular formula is C10H13ClO. The van der Waals surface area contributed by atoms with Crippen LogP contribution in [0.2, 0.25) is 0 Å². The predicted octanol–water partition coefficient (Wildman–Crippen LogP) is 2.89. The van der Waals surface area contributed by atoms with Gasteiger partial charge in [-0.1, -0.05) is 25.2 Å². The van der Waals surface area contributed by atoms with Crippen molar-refractivity contribution in [3.8, 4) is 0 Å².